The maximum atomic E-state index is 5.99. The fraction of sp³-hybridized carbons (Fsp3) is 1.00. The highest BCUT2D eigenvalue weighted by Gasteiger charge is 2.24. The molecule has 2 unspecified atom stereocenters. The smallest absolute Gasteiger partial charge is 0.0725 e. The van der Waals surface area contributed by atoms with E-state index in [1.54, 1.807) is 0 Å². The molecule has 76 valence electrons. The van der Waals surface area contributed by atoms with Crippen LogP contribution in [0.2, 0.25) is 0 Å². The largest absolute Gasteiger partial charge is 0.377 e. The Hall–Kier alpha value is -0.0800. The maximum absolute atomic E-state index is 5.99. The average Bonchev–Trinajstić information content (AvgIpc) is 2.92. The molecule has 2 heteroatoms. The van der Waals surface area contributed by atoms with Crippen LogP contribution in [-0.4, -0.2) is 18.8 Å². The Labute approximate surface area is 80.8 Å². The van der Waals surface area contributed by atoms with Gasteiger partial charge >= 0.3 is 0 Å². The molecule has 0 bridgehead atoms. The van der Waals surface area contributed by atoms with Crippen LogP contribution in [0.5, 0.6) is 0 Å². The summed E-state index contributed by atoms with van der Waals surface area (Å²) in [6, 6.07) is 0.313. The average molecular weight is 183 g/mol. The highest BCUT2D eigenvalue weighted by molar-refractivity contribution is 4.79. The van der Waals surface area contributed by atoms with Crippen molar-refractivity contribution in [1.82, 2.24) is 0 Å². The molecule has 0 saturated heterocycles. The molecule has 0 amide bonds. The molecule has 0 spiro atoms. The van der Waals surface area contributed by atoms with E-state index >= 15 is 0 Å². The molecule has 2 aliphatic carbocycles. The van der Waals surface area contributed by atoms with Crippen LogP contribution in [0.4, 0.5) is 0 Å². The Balaban J connectivity index is 1.60. The quantitative estimate of drug-likeness (QED) is 0.724. The molecule has 2 nitrogen and oxygen atoms in total. The summed E-state index contributed by atoms with van der Waals surface area (Å²) < 4.78 is 5.82. The second-order valence-electron chi connectivity index (χ2n) is 4.59. The van der Waals surface area contributed by atoms with E-state index in [4.69, 9.17) is 10.5 Å². The monoisotopic (exact) mass is 183 g/mol. The lowest BCUT2D eigenvalue weighted by atomic mass is 9.93. The van der Waals surface area contributed by atoms with Crippen molar-refractivity contribution >= 4 is 0 Å². The van der Waals surface area contributed by atoms with E-state index in [1.165, 1.54) is 38.5 Å². The zero-order valence-corrected chi connectivity index (χ0v) is 8.37. The van der Waals surface area contributed by atoms with E-state index in [0.29, 0.717) is 12.1 Å². The zero-order valence-electron chi connectivity index (χ0n) is 8.37. The van der Waals surface area contributed by atoms with Gasteiger partial charge in [-0.05, 0) is 25.2 Å². The first-order chi connectivity index (χ1) is 6.36. The Bertz CT molecular complexity index is 156. The van der Waals surface area contributed by atoms with Crippen LogP contribution in [0.15, 0.2) is 0 Å². The summed E-state index contributed by atoms with van der Waals surface area (Å²) in [5, 5.41) is 0. The van der Waals surface area contributed by atoms with Crippen molar-refractivity contribution in [3.63, 3.8) is 0 Å². The lowest BCUT2D eigenvalue weighted by molar-refractivity contribution is 0.0122. The van der Waals surface area contributed by atoms with Crippen LogP contribution in [0.25, 0.3) is 0 Å². The van der Waals surface area contributed by atoms with E-state index < -0.39 is 0 Å². The van der Waals surface area contributed by atoms with E-state index in [1.807, 2.05) is 0 Å². The van der Waals surface area contributed by atoms with E-state index in [9.17, 15) is 0 Å². The van der Waals surface area contributed by atoms with Crippen molar-refractivity contribution < 1.29 is 4.74 Å². The lowest BCUT2D eigenvalue weighted by Gasteiger charge is -2.28. The summed E-state index contributed by atoms with van der Waals surface area (Å²) >= 11 is 0. The van der Waals surface area contributed by atoms with Gasteiger partial charge in [0.2, 0.25) is 0 Å². The number of nitrogens with two attached hydrogens (primary N) is 1. The summed E-state index contributed by atoms with van der Waals surface area (Å²) in [6.45, 7) is 0.947. The van der Waals surface area contributed by atoms with Crippen LogP contribution in [-0.2, 0) is 4.74 Å². The minimum atomic E-state index is 0.313. The Morgan fingerprint density at radius 2 is 1.85 bits per heavy atom. The molecule has 2 fully saturated rings. The molecule has 0 aromatic heterocycles. The molecule has 2 N–H and O–H groups in total. The molecule has 2 atom stereocenters. The first-order valence-corrected chi connectivity index (χ1v) is 5.73. The third-order valence-corrected chi connectivity index (χ3v) is 3.31. The number of ether oxygens (including phenoxy) is 1. The molecular weight excluding hydrogens is 162 g/mol. The third-order valence-electron chi connectivity index (χ3n) is 3.31. The van der Waals surface area contributed by atoms with Crippen LogP contribution >= 0.6 is 0 Å². The number of hydrogen-bond acceptors (Lipinski definition) is 2. The summed E-state index contributed by atoms with van der Waals surface area (Å²) in [7, 11) is 0. The minimum Gasteiger partial charge on any atom is -0.377 e. The molecule has 2 rings (SSSR count). The van der Waals surface area contributed by atoms with E-state index in [-0.39, 0.29) is 0 Å². The minimum absolute atomic E-state index is 0.313. The van der Waals surface area contributed by atoms with Crippen LogP contribution in [0.3, 0.4) is 0 Å². The molecule has 0 aromatic carbocycles. The first-order valence-electron chi connectivity index (χ1n) is 5.73. The van der Waals surface area contributed by atoms with Crippen molar-refractivity contribution in [2.24, 2.45) is 11.7 Å². The molecule has 2 aliphatic rings. The number of rotatable bonds is 4. The molecule has 0 heterocycles. The van der Waals surface area contributed by atoms with Gasteiger partial charge < -0.3 is 10.5 Å². The normalized spacial score (nSPS) is 34.8. The predicted octanol–water partition coefficient (Wildman–Crippen LogP) is 2.07. The summed E-state index contributed by atoms with van der Waals surface area (Å²) in [6.07, 6.45) is 9.45. The van der Waals surface area contributed by atoms with Crippen molar-refractivity contribution in [2.75, 3.05) is 6.61 Å². The maximum Gasteiger partial charge on any atom is 0.0725 e. The Morgan fingerprint density at radius 1 is 1.08 bits per heavy atom. The molecule has 13 heavy (non-hydrogen) atoms. The van der Waals surface area contributed by atoms with Crippen molar-refractivity contribution in [1.29, 1.82) is 0 Å². The number of hydrogen-bond donors (Lipinski definition) is 1. The third kappa shape index (κ3) is 2.96. The van der Waals surface area contributed by atoms with Gasteiger partial charge in [0.15, 0.2) is 0 Å². The van der Waals surface area contributed by atoms with Gasteiger partial charge in [-0.25, -0.2) is 0 Å². The van der Waals surface area contributed by atoms with Gasteiger partial charge in [-0.2, -0.15) is 0 Å². The zero-order chi connectivity index (χ0) is 9.10. The van der Waals surface area contributed by atoms with Crippen LogP contribution in [0, 0.1) is 5.92 Å². The molecule has 0 aliphatic heterocycles. The Morgan fingerprint density at radius 3 is 2.54 bits per heavy atom. The second kappa shape index (κ2) is 4.43. The summed E-state index contributed by atoms with van der Waals surface area (Å²) in [5.74, 6) is 0.986. The molecule has 0 aromatic rings. The molecule has 2 saturated carbocycles. The highest BCUT2D eigenvalue weighted by atomic mass is 16.5. The van der Waals surface area contributed by atoms with E-state index in [0.717, 1.165) is 18.9 Å². The first kappa shape index (κ1) is 9.47. The van der Waals surface area contributed by atoms with Gasteiger partial charge in [-0.1, -0.05) is 25.7 Å². The van der Waals surface area contributed by atoms with Crippen LogP contribution < -0.4 is 5.73 Å². The van der Waals surface area contributed by atoms with Crippen LogP contribution in [0.1, 0.15) is 44.9 Å². The highest BCUT2D eigenvalue weighted by Crippen LogP contribution is 2.32. The predicted molar refractivity (Wildman–Crippen MR) is 53.5 cm³/mol. The van der Waals surface area contributed by atoms with Gasteiger partial charge in [-0.15, -0.1) is 0 Å². The van der Waals surface area contributed by atoms with Crippen molar-refractivity contribution in [3.8, 4) is 0 Å². The SMILES string of the molecule is NC1CCCCC1OCCC1CC1. The van der Waals surface area contributed by atoms with Gasteiger partial charge in [0, 0.05) is 12.6 Å². The lowest BCUT2D eigenvalue weighted by Crippen LogP contribution is -2.39. The fourth-order valence-corrected chi connectivity index (χ4v) is 2.13. The standard InChI is InChI=1S/C11H21NO/c12-10-3-1-2-4-11(10)13-8-7-9-5-6-9/h9-11H,1-8,12H2. The molecular formula is C11H21NO. The molecule has 0 radical (unpaired) electrons. The van der Waals surface area contributed by atoms with Gasteiger partial charge in [-0.3, -0.25) is 0 Å². The summed E-state index contributed by atoms with van der Waals surface area (Å²) in [5.41, 5.74) is 5.99. The Kier molecular flexibility index (Phi) is 3.23. The second-order valence-corrected chi connectivity index (χ2v) is 4.59. The van der Waals surface area contributed by atoms with Crippen molar-refractivity contribution in [3.05, 3.63) is 0 Å². The van der Waals surface area contributed by atoms with Crippen molar-refractivity contribution in [2.45, 2.75) is 57.1 Å². The van der Waals surface area contributed by atoms with Gasteiger partial charge in [0.25, 0.3) is 0 Å². The fourth-order valence-electron chi connectivity index (χ4n) is 2.13. The van der Waals surface area contributed by atoms with Gasteiger partial charge in [0.1, 0.15) is 0 Å². The van der Waals surface area contributed by atoms with E-state index in [2.05, 4.69) is 0 Å². The summed E-state index contributed by atoms with van der Waals surface area (Å²) in [4.78, 5) is 0. The van der Waals surface area contributed by atoms with Gasteiger partial charge in [0.05, 0.1) is 6.10 Å². The topological polar surface area (TPSA) is 35.2 Å².